The molecule has 0 radical (unpaired) electrons. The van der Waals surface area contributed by atoms with E-state index in [1.165, 1.54) is 0 Å². The Hall–Kier alpha value is -3.21. The SMILES string of the molecule is Cc1nnnn1-c1cccc(NC(=O)C2CCN(c3ncc(C(F)(F)F)cc3Cl)CC2)c1. The molecule has 8 nitrogen and oxygen atoms in total. The fourth-order valence-electron chi connectivity index (χ4n) is 3.60. The summed E-state index contributed by atoms with van der Waals surface area (Å²) < 4.78 is 40.0. The van der Waals surface area contributed by atoms with Crippen LogP contribution in [-0.2, 0) is 11.0 Å². The van der Waals surface area contributed by atoms with Crippen LogP contribution >= 0.6 is 11.6 Å². The number of tetrazole rings is 1. The standard InChI is InChI=1S/C20H19ClF3N7O/c1-12-27-28-29-31(12)16-4-2-3-15(10-16)26-19(32)13-5-7-30(8-6-13)18-17(21)9-14(11-25-18)20(22,23)24/h2-4,9-11,13H,5-8H2,1H3,(H,26,32). The van der Waals surface area contributed by atoms with Crippen LogP contribution in [0.15, 0.2) is 36.5 Å². The second kappa shape index (κ2) is 8.73. The van der Waals surface area contributed by atoms with Gasteiger partial charge in [0.05, 0.1) is 16.3 Å². The number of piperidine rings is 1. The van der Waals surface area contributed by atoms with Crippen molar-refractivity contribution in [3.8, 4) is 5.69 Å². The summed E-state index contributed by atoms with van der Waals surface area (Å²) >= 11 is 6.04. The number of nitrogens with zero attached hydrogens (tertiary/aromatic N) is 6. The van der Waals surface area contributed by atoms with Gasteiger partial charge in [0.15, 0.2) is 5.82 Å². The van der Waals surface area contributed by atoms with Gasteiger partial charge < -0.3 is 10.2 Å². The number of carbonyl (C=O) groups is 1. The first-order valence-electron chi connectivity index (χ1n) is 9.86. The largest absolute Gasteiger partial charge is 0.417 e. The van der Waals surface area contributed by atoms with Gasteiger partial charge in [0.2, 0.25) is 5.91 Å². The molecule has 1 saturated heterocycles. The highest BCUT2D eigenvalue weighted by Crippen LogP contribution is 2.34. The van der Waals surface area contributed by atoms with Gasteiger partial charge in [0.25, 0.3) is 0 Å². The van der Waals surface area contributed by atoms with E-state index in [1.807, 2.05) is 6.07 Å². The number of alkyl halides is 3. The van der Waals surface area contributed by atoms with Crippen LogP contribution in [0, 0.1) is 12.8 Å². The highest BCUT2D eigenvalue weighted by atomic mass is 35.5. The molecule has 4 rings (SSSR count). The molecule has 1 aromatic carbocycles. The van der Waals surface area contributed by atoms with Crippen LogP contribution in [0.5, 0.6) is 0 Å². The molecule has 0 bridgehead atoms. The van der Waals surface area contributed by atoms with Gasteiger partial charge in [-0.2, -0.15) is 17.9 Å². The molecular weight excluding hydrogens is 447 g/mol. The Morgan fingerprint density at radius 2 is 1.97 bits per heavy atom. The average molecular weight is 466 g/mol. The summed E-state index contributed by atoms with van der Waals surface area (Å²) in [5.74, 6) is 0.555. The van der Waals surface area contributed by atoms with E-state index < -0.39 is 11.7 Å². The summed E-state index contributed by atoms with van der Waals surface area (Å²) in [4.78, 5) is 18.5. The molecule has 1 amide bonds. The maximum absolute atomic E-state index is 12.8. The molecule has 3 aromatic rings. The second-order valence-corrected chi connectivity index (χ2v) is 7.87. The Kier molecular flexibility index (Phi) is 6.00. The Morgan fingerprint density at radius 1 is 1.22 bits per heavy atom. The van der Waals surface area contributed by atoms with Crippen molar-refractivity contribution in [1.82, 2.24) is 25.2 Å². The lowest BCUT2D eigenvalue weighted by Gasteiger charge is -2.32. The van der Waals surface area contributed by atoms with Gasteiger partial charge in [-0.25, -0.2) is 4.98 Å². The number of aromatic nitrogens is 5. The molecule has 3 heterocycles. The molecule has 0 saturated carbocycles. The smallest absolute Gasteiger partial charge is 0.355 e. The topological polar surface area (TPSA) is 88.8 Å². The molecule has 1 aliphatic rings. The van der Waals surface area contributed by atoms with Gasteiger partial charge in [-0.3, -0.25) is 4.79 Å². The number of aryl methyl sites for hydroxylation is 1. The first-order valence-corrected chi connectivity index (χ1v) is 10.2. The summed E-state index contributed by atoms with van der Waals surface area (Å²) in [6.45, 7) is 2.69. The molecular formula is C20H19ClF3N7O. The van der Waals surface area contributed by atoms with Gasteiger partial charge in [0, 0.05) is 30.9 Å². The molecule has 0 spiro atoms. The number of halogens is 4. The van der Waals surface area contributed by atoms with Crippen molar-refractivity contribution in [3.63, 3.8) is 0 Å². The number of amides is 1. The summed E-state index contributed by atoms with van der Waals surface area (Å²) in [7, 11) is 0. The van der Waals surface area contributed by atoms with E-state index in [2.05, 4.69) is 25.8 Å². The third-order valence-electron chi connectivity index (χ3n) is 5.30. The monoisotopic (exact) mass is 465 g/mol. The number of hydrogen-bond donors (Lipinski definition) is 1. The van der Waals surface area contributed by atoms with Crippen LogP contribution < -0.4 is 10.2 Å². The lowest BCUT2D eigenvalue weighted by atomic mass is 9.95. The molecule has 1 aliphatic heterocycles. The molecule has 0 atom stereocenters. The van der Waals surface area contributed by atoms with E-state index in [0.29, 0.717) is 43.3 Å². The quantitative estimate of drug-likeness (QED) is 0.628. The van der Waals surface area contributed by atoms with Crippen molar-refractivity contribution in [2.45, 2.75) is 25.9 Å². The van der Waals surface area contributed by atoms with E-state index in [4.69, 9.17) is 11.6 Å². The lowest BCUT2D eigenvalue weighted by Crippen LogP contribution is -2.38. The highest BCUT2D eigenvalue weighted by molar-refractivity contribution is 6.33. The molecule has 12 heteroatoms. The normalized spacial score (nSPS) is 15.1. The molecule has 1 fully saturated rings. The molecule has 0 unspecified atom stereocenters. The minimum absolute atomic E-state index is 0.0579. The number of hydrogen-bond acceptors (Lipinski definition) is 6. The van der Waals surface area contributed by atoms with Crippen molar-refractivity contribution in [1.29, 1.82) is 0 Å². The zero-order valence-electron chi connectivity index (χ0n) is 17.0. The number of pyridine rings is 1. The van der Waals surface area contributed by atoms with Crippen molar-refractivity contribution in [2.24, 2.45) is 5.92 Å². The molecule has 1 N–H and O–H groups in total. The van der Waals surface area contributed by atoms with E-state index >= 15 is 0 Å². The van der Waals surface area contributed by atoms with Crippen molar-refractivity contribution < 1.29 is 18.0 Å². The van der Waals surface area contributed by atoms with Gasteiger partial charge in [-0.15, -0.1) is 5.10 Å². The van der Waals surface area contributed by atoms with Crippen molar-refractivity contribution in [2.75, 3.05) is 23.3 Å². The van der Waals surface area contributed by atoms with E-state index in [1.54, 1.807) is 34.7 Å². The zero-order chi connectivity index (χ0) is 22.9. The van der Waals surface area contributed by atoms with Crippen molar-refractivity contribution in [3.05, 3.63) is 52.9 Å². The fourth-order valence-corrected chi connectivity index (χ4v) is 3.89. The number of carbonyl (C=O) groups excluding carboxylic acids is 1. The maximum Gasteiger partial charge on any atom is 0.417 e. The lowest BCUT2D eigenvalue weighted by molar-refractivity contribution is -0.137. The van der Waals surface area contributed by atoms with Crippen LogP contribution in [0.2, 0.25) is 5.02 Å². The molecule has 32 heavy (non-hydrogen) atoms. The van der Waals surface area contributed by atoms with Gasteiger partial charge >= 0.3 is 6.18 Å². The first-order chi connectivity index (χ1) is 15.2. The van der Waals surface area contributed by atoms with E-state index in [0.717, 1.165) is 18.0 Å². The number of benzene rings is 1. The third kappa shape index (κ3) is 4.67. The van der Waals surface area contributed by atoms with Crippen LogP contribution in [0.25, 0.3) is 5.69 Å². The van der Waals surface area contributed by atoms with Gasteiger partial charge in [-0.1, -0.05) is 17.7 Å². The minimum Gasteiger partial charge on any atom is -0.355 e. The van der Waals surface area contributed by atoms with Crippen LogP contribution in [-0.4, -0.2) is 44.2 Å². The Balaban J connectivity index is 1.38. The fraction of sp³-hybridized carbons (Fsp3) is 0.350. The Labute approximate surface area is 186 Å². The predicted octanol–water partition coefficient (Wildman–Crippen LogP) is 3.89. The van der Waals surface area contributed by atoms with Crippen LogP contribution in [0.3, 0.4) is 0 Å². The minimum atomic E-state index is -4.50. The molecule has 2 aromatic heterocycles. The summed E-state index contributed by atoms with van der Waals surface area (Å²) in [6, 6.07) is 8.07. The summed E-state index contributed by atoms with van der Waals surface area (Å²) in [5, 5.41) is 14.2. The summed E-state index contributed by atoms with van der Waals surface area (Å²) in [5.41, 5.74) is 0.458. The predicted molar refractivity (Wildman–Crippen MR) is 112 cm³/mol. The second-order valence-electron chi connectivity index (χ2n) is 7.47. The summed E-state index contributed by atoms with van der Waals surface area (Å²) in [6.07, 6.45) is -2.67. The van der Waals surface area contributed by atoms with Crippen LogP contribution in [0.1, 0.15) is 24.2 Å². The average Bonchev–Trinajstić information content (AvgIpc) is 3.19. The first kappa shape index (κ1) is 22.0. The van der Waals surface area contributed by atoms with E-state index in [9.17, 15) is 18.0 Å². The number of nitrogens with one attached hydrogen (secondary N) is 1. The maximum atomic E-state index is 12.8. The third-order valence-corrected chi connectivity index (χ3v) is 5.58. The zero-order valence-corrected chi connectivity index (χ0v) is 17.7. The Morgan fingerprint density at radius 3 is 2.59 bits per heavy atom. The highest BCUT2D eigenvalue weighted by Gasteiger charge is 2.33. The van der Waals surface area contributed by atoms with Crippen LogP contribution in [0.4, 0.5) is 24.7 Å². The number of anilines is 2. The van der Waals surface area contributed by atoms with Crippen molar-refractivity contribution >= 4 is 29.0 Å². The Bertz CT molecular complexity index is 1130. The van der Waals surface area contributed by atoms with Gasteiger partial charge in [-0.05, 0) is 54.5 Å². The van der Waals surface area contributed by atoms with Gasteiger partial charge in [0.1, 0.15) is 5.82 Å². The molecule has 0 aliphatic carbocycles. The van der Waals surface area contributed by atoms with E-state index in [-0.39, 0.29) is 16.8 Å². The molecule has 168 valence electrons. The number of rotatable bonds is 4.